The fourth-order valence-electron chi connectivity index (χ4n) is 1.95. The topological polar surface area (TPSA) is 62.3 Å². The third kappa shape index (κ3) is 2.89. The molecule has 0 heterocycles. The van der Waals surface area contributed by atoms with Gasteiger partial charge in [-0.1, -0.05) is 6.07 Å². The fourth-order valence-corrected chi connectivity index (χ4v) is 1.95. The molecule has 0 fully saturated rings. The standard InChI is InChI=1S/C13H19N3O/c1-4-16(10(2)9-17-3)12-7-5-6-11(8-14)13(12)15/h5-7,10H,4,9,15H2,1-3H3. The molecular weight excluding hydrogens is 214 g/mol. The van der Waals surface area contributed by atoms with Crippen LogP contribution in [0.3, 0.4) is 0 Å². The van der Waals surface area contributed by atoms with Crippen molar-refractivity contribution in [3.05, 3.63) is 23.8 Å². The van der Waals surface area contributed by atoms with E-state index in [9.17, 15) is 0 Å². The molecule has 0 aliphatic rings. The minimum Gasteiger partial charge on any atom is -0.396 e. The number of ether oxygens (including phenoxy) is 1. The number of hydrogen-bond acceptors (Lipinski definition) is 4. The highest BCUT2D eigenvalue weighted by atomic mass is 16.5. The maximum atomic E-state index is 8.97. The number of nitrogens with two attached hydrogens (primary N) is 1. The van der Waals surface area contributed by atoms with Crippen LogP contribution in [0.25, 0.3) is 0 Å². The Morgan fingerprint density at radius 2 is 2.24 bits per heavy atom. The van der Waals surface area contributed by atoms with Crippen LogP contribution >= 0.6 is 0 Å². The quantitative estimate of drug-likeness (QED) is 0.790. The van der Waals surface area contributed by atoms with E-state index in [4.69, 9.17) is 15.7 Å². The minimum absolute atomic E-state index is 0.223. The second kappa shape index (κ2) is 6.12. The molecule has 0 saturated heterocycles. The lowest BCUT2D eigenvalue weighted by atomic mass is 10.1. The van der Waals surface area contributed by atoms with Gasteiger partial charge in [-0.25, -0.2) is 0 Å². The summed E-state index contributed by atoms with van der Waals surface area (Å²) in [6.45, 7) is 5.59. The zero-order chi connectivity index (χ0) is 12.8. The predicted octanol–water partition coefficient (Wildman–Crippen LogP) is 2.00. The first-order valence-corrected chi connectivity index (χ1v) is 5.69. The number of benzene rings is 1. The molecule has 0 saturated carbocycles. The zero-order valence-corrected chi connectivity index (χ0v) is 10.6. The van der Waals surface area contributed by atoms with Crippen LogP contribution in [0.1, 0.15) is 19.4 Å². The lowest BCUT2D eigenvalue weighted by Crippen LogP contribution is -2.36. The highest BCUT2D eigenvalue weighted by Gasteiger charge is 2.16. The Hall–Kier alpha value is -1.73. The third-order valence-corrected chi connectivity index (χ3v) is 2.79. The number of hydrogen-bond donors (Lipinski definition) is 1. The van der Waals surface area contributed by atoms with Gasteiger partial charge in [0.15, 0.2) is 0 Å². The van der Waals surface area contributed by atoms with Gasteiger partial charge in [0.25, 0.3) is 0 Å². The van der Waals surface area contributed by atoms with Gasteiger partial charge in [0.2, 0.25) is 0 Å². The Kier molecular flexibility index (Phi) is 4.80. The predicted molar refractivity (Wildman–Crippen MR) is 69.9 cm³/mol. The van der Waals surface area contributed by atoms with E-state index in [-0.39, 0.29) is 6.04 Å². The Bertz CT molecular complexity index is 412. The van der Waals surface area contributed by atoms with Gasteiger partial charge in [-0.2, -0.15) is 5.26 Å². The number of methoxy groups -OCH3 is 1. The van der Waals surface area contributed by atoms with Crippen LogP contribution in [-0.4, -0.2) is 26.3 Å². The van der Waals surface area contributed by atoms with Gasteiger partial charge in [0, 0.05) is 19.7 Å². The van der Waals surface area contributed by atoms with Crippen molar-refractivity contribution in [3.8, 4) is 6.07 Å². The molecule has 1 atom stereocenters. The van der Waals surface area contributed by atoms with Gasteiger partial charge in [-0.15, -0.1) is 0 Å². The van der Waals surface area contributed by atoms with Crippen molar-refractivity contribution >= 4 is 11.4 Å². The number of nitriles is 1. The average Bonchev–Trinajstić information content (AvgIpc) is 2.32. The molecule has 0 aromatic heterocycles. The van der Waals surface area contributed by atoms with E-state index < -0.39 is 0 Å². The molecule has 0 spiro atoms. The molecule has 0 bridgehead atoms. The fraction of sp³-hybridized carbons (Fsp3) is 0.462. The van der Waals surface area contributed by atoms with Crippen molar-refractivity contribution in [2.75, 3.05) is 30.9 Å². The summed E-state index contributed by atoms with van der Waals surface area (Å²) in [5.74, 6) is 0. The minimum atomic E-state index is 0.223. The first-order valence-electron chi connectivity index (χ1n) is 5.69. The summed E-state index contributed by atoms with van der Waals surface area (Å²) in [6, 6.07) is 7.85. The van der Waals surface area contributed by atoms with Gasteiger partial charge >= 0.3 is 0 Å². The van der Waals surface area contributed by atoms with Crippen LogP contribution in [-0.2, 0) is 4.74 Å². The van der Waals surface area contributed by atoms with Crippen molar-refractivity contribution in [2.45, 2.75) is 19.9 Å². The van der Waals surface area contributed by atoms with Crippen LogP contribution in [0, 0.1) is 11.3 Å². The van der Waals surface area contributed by atoms with Gasteiger partial charge in [0.1, 0.15) is 6.07 Å². The number of nitrogen functional groups attached to an aromatic ring is 1. The highest BCUT2D eigenvalue weighted by molar-refractivity contribution is 5.74. The van der Waals surface area contributed by atoms with Crippen LogP contribution in [0.15, 0.2) is 18.2 Å². The molecule has 4 heteroatoms. The Balaban J connectivity index is 3.08. The van der Waals surface area contributed by atoms with Gasteiger partial charge in [-0.3, -0.25) is 0 Å². The van der Waals surface area contributed by atoms with Crippen LogP contribution < -0.4 is 10.6 Å². The van der Waals surface area contributed by atoms with E-state index in [2.05, 4.69) is 24.8 Å². The Morgan fingerprint density at radius 3 is 2.76 bits per heavy atom. The van der Waals surface area contributed by atoms with Crippen molar-refractivity contribution < 1.29 is 4.74 Å². The van der Waals surface area contributed by atoms with Crippen LogP contribution in [0.5, 0.6) is 0 Å². The smallest absolute Gasteiger partial charge is 0.101 e. The number of nitrogens with zero attached hydrogens (tertiary/aromatic N) is 2. The monoisotopic (exact) mass is 233 g/mol. The van der Waals surface area contributed by atoms with Crippen LogP contribution in [0.4, 0.5) is 11.4 Å². The number of rotatable bonds is 5. The average molecular weight is 233 g/mol. The summed E-state index contributed by atoms with van der Waals surface area (Å²) >= 11 is 0. The molecule has 1 rings (SSSR count). The largest absolute Gasteiger partial charge is 0.396 e. The summed E-state index contributed by atoms with van der Waals surface area (Å²) in [5, 5.41) is 8.97. The number of likely N-dealkylation sites (N-methyl/N-ethyl adjacent to an activating group) is 1. The normalized spacial score (nSPS) is 11.9. The summed E-state index contributed by atoms with van der Waals surface area (Å²) in [6.07, 6.45) is 0. The van der Waals surface area contributed by atoms with Crippen molar-refractivity contribution in [1.29, 1.82) is 5.26 Å². The van der Waals surface area contributed by atoms with E-state index >= 15 is 0 Å². The van der Waals surface area contributed by atoms with E-state index in [0.717, 1.165) is 12.2 Å². The zero-order valence-electron chi connectivity index (χ0n) is 10.6. The van der Waals surface area contributed by atoms with Crippen molar-refractivity contribution in [1.82, 2.24) is 0 Å². The van der Waals surface area contributed by atoms with Crippen LogP contribution in [0.2, 0.25) is 0 Å². The van der Waals surface area contributed by atoms with E-state index in [1.165, 1.54) is 0 Å². The van der Waals surface area contributed by atoms with Gasteiger partial charge < -0.3 is 15.4 Å². The molecule has 4 nitrogen and oxygen atoms in total. The molecule has 17 heavy (non-hydrogen) atoms. The second-order valence-corrected chi connectivity index (χ2v) is 3.94. The lowest BCUT2D eigenvalue weighted by molar-refractivity contribution is 0.182. The summed E-state index contributed by atoms with van der Waals surface area (Å²) in [4.78, 5) is 2.14. The van der Waals surface area contributed by atoms with E-state index in [1.807, 2.05) is 12.1 Å². The van der Waals surface area contributed by atoms with Gasteiger partial charge in [-0.05, 0) is 26.0 Å². The molecule has 92 valence electrons. The van der Waals surface area contributed by atoms with Gasteiger partial charge in [0.05, 0.1) is 23.5 Å². The third-order valence-electron chi connectivity index (χ3n) is 2.79. The lowest BCUT2D eigenvalue weighted by Gasteiger charge is -2.30. The number of anilines is 2. The Morgan fingerprint density at radius 1 is 1.53 bits per heavy atom. The Labute approximate surface area is 103 Å². The first-order chi connectivity index (χ1) is 8.15. The molecule has 0 aliphatic heterocycles. The highest BCUT2D eigenvalue weighted by Crippen LogP contribution is 2.27. The molecule has 0 amide bonds. The first kappa shape index (κ1) is 13.3. The van der Waals surface area contributed by atoms with Crippen molar-refractivity contribution in [3.63, 3.8) is 0 Å². The summed E-state index contributed by atoms with van der Waals surface area (Å²) in [7, 11) is 1.68. The second-order valence-electron chi connectivity index (χ2n) is 3.94. The maximum Gasteiger partial charge on any atom is 0.101 e. The van der Waals surface area contributed by atoms with E-state index in [0.29, 0.717) is 17.9 Å². The number of para-hydroxylation sites is 1. The molecule has 0 radical (unpaired) electrons. The molecule has 1 aromatic rings. The summed E-state index contributed by atoms with van der Waals surface area (Å²) in [5.41, 5.74) is 7.96. The molecule has 1 aromatic carbocycles. The summed E-state index contributed by atoms with van der Waals surface area (Å²) < 4.78 is 5.16. The molecule has 1 unspecified atom stereocenters. The molecular formula is C13H19N3O. The van der Waals surface area contributed by atoms with Crippen molar-refractivity contribution in [2.24, 2.45) is 0 Å². The maximum absolute atomic E-state index is 8.97. The molecule has 2 N–H and O–H groups in total. The van der Waals surface area contributed by atoms with E-state index in [1.54, 1.807) is 13.2 Å². The SMILES string of the molecule is CCN(c1cccc(C#N)c1N)C(C)COC. The molecule has 0 aliphatic carbocycles.